The lowest BCUT2D eigenvalue weighted by Crippen LogP contribution is -2.07. The van der Waals surface area contributed by atoms with E-state index in [1.165, 1.54) is 31.4 Å². The molecule has 0 saturated heterocycles. The Morgan fingerprint density at radius 3 is 2.72 bits per heavy atom. The molecule has 2 aromatic carbocycles. The highest BCUT2D eigenvalue weighted by Crippen LogP contribution is 2.30. The van der Waals surface area contributed by atoms with E-state index in [2.05, 4.69) is 10.5 Å². The average Bonchev–Trinajstić information content (AvgIpc) is 3.04. The molecule has 0 saturated carbocycles. The van der Waals surface area contributed by atoms with Crippen LogP contribution in [0.5, 0.6) is 0 Å². The van der Waals surface area contributed by atoms with Gasteiger partial charge in [-0.25, -0.2) is 9.18 Å². The van der Waals surface area contributed by atoms with Crippen LogP contribution in [-0.2, 0) is 11.3 Å². The number of nitrogens with zero attached hydrogens (tertiary/aromatic N) is 1. The fraction of sp³-hybridized carbons (Fsp3) is 0.111. The van der Waals surface area contributed by atoms with Crippen molar-refractivity contribution in [1.82, 2.24) is 5.16 Å². The number of aromatic nitrogens is 1. The van der Waals surface area contributed by atoms with Crippen LogP contribution in [0.1, 0.15) is 15.9 Å². The minimum absolute atomic E-state index is 0.149. The standard InChI is InChI=1S/C18H14ClFN2O3/c1-24-18(23)15-16(12-5-7-14(20)8-6-12)22-25-17(15)21-10-11-3-2-4-13(19)9-11/h2-9,21H,10H2,1H3. The summed E-state index contributed by atoms with van der Waals surface area (Å²) < 4.78 is 23.2. The number of anilines is 1. The lowest BCUT2D eigenvalue weighted by atomic mass is 10.1. The molecule has 128 valence electrons. The highest BCUT2D eigenvalue weighted by atomic mass is 35.5. The Balaban J connectivity index is 1.91. The first kappa shape index (κ1) is 17.0. The number of halogens is 2. The zero-order valence-corrected chi connectivity index (χ0v) is 14.0. The van der Waals surface area contributed by atoms with Gasteiger partial charge in [-0.2, -0.15) is 0 Å². The van der Waals surface area contributed by atoms with Crippen molar-refractivity contribution in [3.63, 3.8) is 0 Å². The molecule has 1 heterocycles. The molecule has 0 bridgehead atoms. The van der Waals surface area contributed by atoms with Gasteiger partial charge in [-0.3, -0.25) is 0 Å². The van der Waals surface area contributed by atoms with Crippen LogP contribution in [0, 0.1) is 5.82 Å². The Morgan fingerprint density at radius 2 is 2.04 bits per heavy atom. The van der Waals surface area contributed by atoms with E-state index in [1.807, 2.05) is 12.1 Å². The maximum absolute atomic E-state index is 13.1. The van der Waals surface area contributed by atoms with E-state index in [9.17, 15) is 9.18 Å². The van der Waals surface area contributed by atoms with Crippen LogP contribution in [-0.4, -0.2) is 18.2 Å². The van der Waals surface area contributed by atoms with Gasteiger partial charge in [0.2, 0.25) is 5.88 Å². The van der Waals surface area contributed by atoms with Crippen molar-refractivity contribution in [2.45, 2.75) is 6.54 Å². The molecule has 0 radical (unpaired) electrons. The van der Waals surface area contributed by atoms with Crippen molar-refractivity contribution in [1.29, 1.82) is 0 Å². The number of methoxy groups -OCH3 is 1. The van der Waals surface area contributed by atoms with Gasteiger partial charge in [0, 0.05) is 17.1 Å². The molecule has 7 heteroatoms. The van der Waals surface area contributed by atoms with Gasteiger partial charge in [-0.15, -0.1) is 0 Å². The predicted octanol–water partition coefficient (Wildman–Crippen LogP) is 4.53. The minimum atomic E-state index is -0.603. The number of rotatable bonds is 5. The zero-order chi connectivity index (χ0) is 17.8. The summed E-state index contributed by atoms with van der Waals surface area (Å²) in [4.78, 5) is 12.2. The molecule has 0 aliphatic heterocycles. The lowest BCUT2D eigenvalue weighted by molar-refractivity contribution is 0.0602. The quantitative estimate of drug-likeness (QED) is 0.677. The van der Waals surface area contributed by atoms with Crippen molar-refractivity contribution in [3.8, 4) is 11.3 Å². The van der Waals surface area contributed by atoms with Crippen molar-refractivity contribution >= 4 is 23.5 Å². The van der Waals surface area contributed by atoms with Crippen LogP contribution >= 0.6 is 11.6 Å². The van der Waals surface area contributed by atoms with Crippen molar-refractivity contribution in [2.24, 2.45) is 0 Å². The van der Waals surface area contributed by atoms with Crippen LogP contribution in [0.15, 0.2) is 53.1 Å². The van der Waals surface area contributed by atoms with Gasteiger partial charge in [0.1, 0.15) is 11.5 Å². The summed E-state index contributed by atoms with van der Waals surface area (Å²) in [6.45, 7) is 0.378. The SMILES string of the molecule is COC(=O)c1c(-c2ccc(F)cc2)noc1NCc1cccc(Cl)c1. The third-order valence-corrected chi connectivity index (χ3v) is 3.78. The van der Waals surface area contributed by atoms with E-state index in [0.717, 1.165) is 5.56 Å². The molecule has 25 heavy (non-hydrogen) atoms. The van der Waals surface area contributed by atoms with Gasteiger partial charge in [0.25, 0.3) is 0 Å². The molecule has 0 spiro atoms. The number of hydrogen-bond donors (Lipinski definition) is 1. The normalized spacial score (nSPS) is 10.5. The average molecular weight is 361 g/mol. The molecule has 0 atom stereocenters. The highest BCUT2D eigenvalue weighted by Gasteiger charge is 2.24. The molecule has 0 aliphatic rings. The number of carbonyl (C=O) groups excluding carboxylic acids is 1. The molecule has 3 rings (SSSR count). The molecule has 0 unspecified atom stereocenters. The van der Waals surface area contributed by atoms with Gasteiger partial charge in [0.05, 0.1) is 7.11 Å². The monoisotopic (exact) mass is 360 g/mol. The number of ether oxygens (including phenoxy) is 1. The molecular weight excluding hydrogens is 347 g/mol. The summed E-state index contributed by atoms with van der Waals surface area (Å²) in [7, 11) is 1.27. The second-order valence-electron chi connectivity index (χ2n) is 5.22. The summed E-state index contributed by atoms with van der Waals surface area (Å²) in [5, 5.41) is 7.55. The summed E-state index contributed by atoms with van der Waals surface area (Å²) in [5.41, 5.74) is 1.88. The van der Waals surface area contributed by atoms with E-state index in [4.69, 9.17) is 20.9 Å². The van der Waals surface area contributed by atoms with E-state index in [0.29, 0.717) is 17.1 Å². The highest BCUT2D eigenvalue weighted by molar-refractivity contribution is 6.30. The Bertz CT molecular complexity index is 894. The van der Waals surface area contributed by atoms with Crippen LogP contribution < -0.4 is 5.32 Å². The molecule has 0 fully saturated rings. The third kappa shape index (κ3) is 3.80. The molecule has 1 aromatic heterocycles. The smallest absolute Gasteiger partial charge is 0.345 e. The van der Waals surface area contributed by atoms with E-state index >= 15 is 0 Å². The van der Waals surface area contributed by atoms with Gasteiger partial charge in [0.15, 0.2) is 5.56 Å². The zero-order valence-electron chi connectivity index (χ0n) is 13.3. The van der Waals surface area contributed by atoms with Gasteiger partial charge in [-0.05, 0) is 42.0 Å². The fourth-order valence-corrected chi connectivity index (χ4v) is 2.55. The predicted molar refractivity (Wildman–Crippen MR) is 92.0 cm³/mol. The maximum atomic E-state index is 13.1. The van der Waals surface area contributed by atoms with Crippen LogP contribution in [0.25, 0.3) is 11.3 Å². The molecule has 3 aromatic rings. The lowest BCUT2D eigenvalue weighted by Gasteiger charge is -2.06. The first-order valence-electron chi connectivity index (χ1n) is 7.40. The van der Waals surface area contributed by atoms with E-state index in [-0.39, 0.29) is 23.0 Å². The largest absolute Gasteiger partial charge is 0.465 e. The first-order chi connectivity index (χ1) is 12.1. The van der Waals surface area contributed by atoms with Crippen LogP contribution in [0.2, 0.25) is 5.02 Å². The number of hydrogen-bond acceptors (Lipinski definition) is 5. The van der Waals surface area contributed by atoms with E-state index < -0.39 is 5.97 Å². The Kier molecular flexibility index (Phi) is 5.00. The minimum Gasteiger partial charge on any atom is -0.465 e. The third-order valence-electron chi connectivity index (χ3n) is 3.54. The number of esters is 1. The van der Waals surface area contributed by atoms with Gasteiger partial charge < -0.3 is 14.6 Å². The summed E-state index contributed by atoms with van der Waals surface area (Å²) >= 11 is 5.96. The van der Waals surface area contributed by atoms with Gasteiger partial charge >= 0.3 is 5.97 Å². The van der Waals surface area contributed by atoms with Crippen LogP contribution in [0.3, 0.4) is 0 Å². The summed E-state index contributed by atoms with van der Waals surface area (Å²) in [6.07, 6.45) is 0. The first-order valence-corrected chi connectivity index (χ1v) is 7.78. The fourth-order valence-electron chi connectivity index (χ4n) is 2.34. The molecule has 0 amide bonds. The topological polar surface area (TPSA) is 64.4 Å². The molecule has 5 nitrogen and oxygen atoms in total. The second kappa shape index (κ2) is 7.36. The Morgan fingerprint density at radius 1 is 1.28 bits per heavy atom. The number of benzene rings is 2. The Hall–Kier alpha value is -2.86. The summed E-state index contributed by atoms with van der Waals surface area (Å²) in [6, 6.07) is 12.9. The van der Waals surface area contributed by atoms with Crippen molar-refractivity contribution in [2.75, 3.05) is 12.4 Å². The molecular formula is C18H14ClFN2O3. The maximum Gasteiger partial charge on any atom is 0.345 e. The summed E-state index contributed by atoms with van der Waals surface area (Å²) in [5.74, 6) is -0.813. The Labute approximate surface area is 148 Å². The van der Waals surface area contributed by atoms with Crippen LogP contribution in [0.4, 0.5) is 10.3 Å². The van der Waals surface area contributed by atoms with Crippen molar-refractivity contribution < 1.29 is 18.4 Å². The number of nitrogens with one attached hydrogen (secondary N) is 1. The molecule has 1 N–H and O–H groups in total. The van der Waals surface area contributed by atoms with E-state index in [1.54, 1.807) is 12.1 Å². The second-order valence-corrected chi connectivity index (χ2v) is 5.65. The molecule has 0 aliphatic carbocycles. The van der Waals surface area contributed by atoms with Gasteiger partial charge in [-0.1, -0.05) is 28.9 Å². The number of carbonyl (C=O) groups is 1. The van der Waals surface area contributed by atoms with Crippen molar-refractivity contribution in [3.05, 3.63) is 70.5 Å².